The maximum absolute atomic E-state index is 13.3. The van der Waals surface area contributed by atoms with Gasteiger partial charge in [-0.3, -0.25) is 0 Å². The van der Waals surface area contributed by atoms with Gasteiger partial charge in [-0.15, -0.1) is 0 Å². The average Bonchev–Trinajstić information content (AvgIpc) is 2.40. The number of nitrogens with zero attached hydrogens (tertiary/aromatic N) is 2. The van der Waals surface area contributed by atoms with Gasteiger partial charge in [-0.2, -0.15) is 0 Å². The van der Waals surface area contributed by atoms with Crippen LogP contribution in [-0.2, 0) is 5.41 Å². The Balaban J connectivity index is 2.47. The topological polar surface area (TPSA) is 49.8 Å². The first-order valence-electron chi connectivity index (χ1n) is 6.90. The molecule has 0 unspecified atom stereocenters. The van der Waals surface area contributed by atoms with Gasteiger partial charge in [0.25, 0.3) is 0 Å². The molecule has 21 heavy (non-hydrogen) atoms. The van der Waals surface area contributed by atoms with Crippen LogP contribution >= 0.6 is 0 Å². The van der Waals surface area contributed by atoms with E-state index in [4.69, 9.17) is 0 Å². The highest BCUT2D eigenvalue weighted by atomic mass is 19.1. The summed E-state index contributed by atoms with van der Waals surface area (Å²) in [4.78, 5) is 9.14. The molecule has 0 bridgehead atoms. The lowest BCUT2D eigenvalue weighted by Crippen LogP contribution is -2.18. The van der Waals surface area contributed by atoms with Crippen molar-refractivity contribution in [2.45, 2.75) is 33.1 Å². The summed E-state index contributed by atoms with van der Waals surface area (Å²) in [7, 11) is 1.83. The van der Waals surface area contributed by atoms with E-state index in [0.717, 1.165) is 17.2 Å². The summed E-state index contributed by atoms with van der Waals surface area (Å²) < 4.78 is 13.3. The zero-order valence-electron chi connectivity index (χ0n) is 13.1. The summed E-state index contributed by atoms with van der Waals surface area (Å²) in [6.45, 7) is 8.11. The van der Waals surface area contributed by atoms with E-state index in [1.54, 1.807) is 12.1 Å². The van der Waals surface area contributed by atoms with E-state index >= 15 is 0 Å². The Morgan fingerprint density at radius 3 is 2.33 bits per heavy atom. The molecular formula is C16H21FN4. The van der Waals surface area contributed by atoms with Crippen LogP contribution in [0.4, 0.5) is 21.7 Å². The molecule has 0 aliphatic carbocycles. The summed E-state index contributed by atoms with van der Waals surface area (Å²) in [5, 5.41) is 6.25. The molecule has 1 heterocycles. The molecule has 5 heteroatoms. The molecule has 112 valence electrons. The van der Waals surface area contributed by atoms with Crippen molar-refractivity contribution in [3.63, 3.8) is 0 Å². The first-order valence-corrected chi connectivity index (χ1v) is 6.90. The van der Waals surface area contributed by atoms with Crippen molar-refractivity contribution in [3.05, 3.63) is 41.5 Å². The van der Waals surface area contributed by atoms with E-state index in [2.05, 4.69) is 41.4 Å². The molecule has 4 nitrogen and oxygen atoms in total. The summed E-state index contributed by atoms with van der Waals surface area (Å²) in [6.07, 6.45) is 0. The Hall–Kier alpha value is -2.17. The van der Waals surface area contributed by atoms with Gasteiger partial charge in [0, 0.05) is 23.7 Å². The lowest BCUT2D eigenvalue weighted by molar-refractivity contribution is 0.546. The van der Waals surface area contributed by atoms with Crippen LogP contribution in [0.15, 0.2) is 24.3 Å². The third-order valence-corrected chi connectivity index (χ3v) is 3.14. The number of anilines is 3. The fraction of sp³-hybridized carbons (Fsp3) is 0.375. The van der Waals surface area contributed by atoms with E-state index < -0.39 is 0 Å². The van der Waals surface area contributed by atoms with Crippen LogP contribution in [0.3, 0.4) is 0 Å². The highest BCUT2D eigenvalue weighted by molar-refractivity contribution is 5.64. The molecule has 0 aliphatic rings. The fourth-order valence-electron chi connectivity index (χ4n) is 1.92. The Labute approximate surface area is 124 Å². The van der Waals surface area contributed by atoms with E-state index in [1.165, 1.54) is 12.1 Å². The summed E-state index contributed by atoms with van der Waals surface area (Å²) in [5.74, 6) is 1.91. The van der Waals surface area contributed by atoms with Crippen LogP contribution in [0, 0.1) is 12.7 Å². The second-order valence-electron chi connectivity index (χ2n) is 6.00. The van der Waals surface area contributed by atoms with Gasteiger partial charge in [0.05, 0.1) is 0 Å². The van der Waals surface area contributed by atoms with Gasteiger partial charge in [0.1, 0.15) is 23.3 Å². The highest BCUT2D eigenvalue weighted by Gasteiger charge is 2.21. The normalized spacial score (nSPS) is 11.3. The number of aromatic nitrogens is 2. The zero-order chi connectivity index (χ0) is 15.6. The molecular weight excluding hydrogens is 267 g/mol. The minimum atomic E-state index is -0.281. The zero-order valence-corrected chi connectivity index (χ0v) is 13.1. The van der Waals surface area contributed by atoms with Crippen molar-refractivity contribution in [2.24, 2.45) is 0 Å². The minimum absolute atomic E-state index is 0.169. The largest absolute Gasteiger partial charge is 0.373 e. The third kappa shape index (κ3) is 3.48. The minimum Gasteiger partial charge on any atom is -0.373 e. The Bertz CT molecular complexity index is 647. The molecule has 2 N–H and O–H groups in total. The molecule has 0 saturated carbocycles. The lowest BCUT2D eigenvalue weighted by atomic mass is 9.95. The Kier molecular flexibility index (Phi) is 4.11. The number of hydrogen-bond acceptors (Lipinski definition) is 4. The monoisotopic (exact) mass is 288 g/mol. The van der Waals surface area contributed by atoms with Gasteiger partial charge in [-0.1, -0.05) is 26.8 Å². The second-order valence-corrected chi connectivity index (χ2v) is 6.00. The number of nitrogens with one attached hydrogen (secondary N) is 2. The van der Waals surface area contributed by atoms with Crippen molar-refractivity contribution in [1.82, 2.24) is 9.97 Å². The maximum Gasteiger partial charge on any atom is 0.139 e. The quantitative estimate of drug-likeness (QED) is 0.896. The van der Waals surface area contributed by atoms with E-state index in [9.17, 15) is 4.39 Å². The maximum atomic E-state index is 13.3. The van der Waals surface area contributed by atoms with Gasteiger partial charge in [0.15, 0.2) is 0 Å². The first-order chi connectivity index (χ1) is 9.81. The van der Waals surface area contributed by atoms with Crippen molar-refractivity contribution in [3.8, 4) is 0 Å². The van der Waals surface area contributed by atoms with Crippen LogP contribution in [0.1, 0.15) is 32.2 Å². The first kappa shape index (κ1) is 15.2. The van der Waals surface area contributed by atoms with E-state index in [-0.39, 0.29) is 11.2 Å². The van der Waals surface area contributed by atoms with Crippen molar-refractivity contribution in [1.29, 1.82) is 0 Å². The molecule has 0 radical (unpaired) electrons. The number of hydrogen-bond donors (Lipinski definition) is 2. The highest BCUT2D eigenvalue weighted by Crippen LogP contribution is 2.28. The van der Waals surface area contributed by atoms with Crippen molar-refractivity contribution >= 4 is 17.3 Å². The van der Waals surface area contributed by atoms with Gasteiger partial charge in [0.2, 0.25) is 0 Å². The van der Waals surface area contributed by atoms with Crippen LogP contribution < -0.4 is 10.6 Å². The average molecular weight is 288 g/mol. The molecule has 1 aromatic carbocycles. The summed E-state index contributed by atoms with van der Waals surface area (Å²) in [6, 6.07) is 6.33. The lowest BCUT2D eigenvalue weighted by Gasteiger charge is -2.20. The third-order valence-electron chi connectivity index (χ3n) is 3.14. The smallest absolute Gasteiger partial charge is 0.139 e. The van der Waals surface area contributed by atoms with E-state index in [1.807, 2.05) is 14.0 Å². The molecule has 0 fully saturated rings. The summed E-state index contributed by atoms with van der Waals surface area (Å²) >= 11 is 0. The predicted octanol–water partition coefficient (Wildman–Crippen LogP) is 4.01. The SMILES string of the molecule is CNc1nc(C(C)(C)C)nc(Nc2cccc(F)c2)c1C. The molecule has 0 atom stereocenters. The molecule has 2 rings (SSSR count). The van der Waals surface area contributed by atoms with Gasteiger partial charge in [-0.25, -0.2) is 14.4 Å². The van der Waals surface area contributed by atoms with Crippen molar-refractivity contribution < 1.29 is 4.39 Å². The Morgan fingerprint density at radius 1 is 1.10 bits per heavy atom. The standard InChI is InChI=1S/C16H21FN4/c1-10-13(18-5)20-15(16(2,3)4)21-14(10)19-12-8-6-7-11(17)9-12/h6-9H,1-5H3,(H2,18,19,20,21). The van der Waals surface area contributed by atoms with Crippen LogP contribution in [0.25, 0.3) is 0 Å². The van der Waals surface area contributed by atoms with Crippen LogP contribution in [0.2, 0.25) is 0 Å². The molecule has 0 amide bonds. The van der Waals surface area contributed by atoms with Crippen LogP contribution in [0.5, 0.6) is 0 Å². The number of halogens is 1. The van der Waals surface area contributed by atoms with Crippen molar-refractivity contribution in [2.75, 3.05) is 17.7 Å². The van der Waals surface area contributed by atoms with Gasteiger partial charge >= 0.3 is 0 Å². The number of rotatable bonds is 3. The number of benzene rings is 1. The van der Waals surface area contributed by atoms with E-state index in [0.29, 0.717) is 11.5 Å². The van der Waals surface area contributed by atoms with Crippen LogP contribution in [-0.4, -0.2) is 17.0 Å². The molecule has 0 aliphatic heterocycles. The molecule has 1 aromatic heterocycles. The Morgan fingerprint density at radius 2 is 1.76 bits per heavy atom. The molecule has 0 saturated heterocycles. The second kappa shape index (κ2) is 5.68. The van der Waals surface area contributed by atoms with Gasteiger partial charge < -0.3 is 10.6 Å². The molecule has 2 aromatic rings. The predicted molar refractivity (Wildman–Crippen MR) is 84.7 cm³/mol. The summed E-state index contributed by atoms with van der Waals surface area (Å²) in [5.41, 5.74) is 1.39. The van der Waals surface area contributed by atoms with Gasteiger partial charge in [-0.05, 0) is 25.1 Å². The molecule has 0 spiro atoms. The fourth-order valence-corrected chi connectivity index (χ4v) is 1.92.